The SMILES string of the molecule is CCC1CN(C(=O)[C@@H]2CCCN2)CCO1. The van der Waals surface area contributed by atoms with Crippen LogP contribution in [0.5, 0.6) is 0 Å². The van der Waals surface area contributed by atoms with Crippen LogP contribution < -0.4 is 5.32 Å². The van der Waals surface area contributed by atoms with Crippen molar-refractivity contribution in [2.45, 2.75) is 38.3 Å². The Hall–Kier alpha value is -0.610. The predicted molar refractivity (Wildman–Crippen MR) is 57.6 cm³/mol. The lowest BCUT2D eigenvalue weighted by Crippen LogP contribution is -2.51. The molecule has 0 aromatic rings. The number of carbonyl (C=O) groups excluding carboxylic acids is 1. The van der Waals surface area contributed by atoms with E-state index in [1.165, 1.54) is 0 Å². The monoisotopic (exact) mass is 212 g/mol. The van der Waals surface area contributed by atoms with Crippen LogP contribution in [0.1, 0.15) is 26.2 Å². The summed E-state index contributed by atoms with van der Waals surface area (Å²) in [7, 11) is 0. The molecule has 0 saturated carbocycles. The molecule has 0 spiro atoms. The zero-order valence-electron chi connectivity index (χ0n) is 9.37. The van der Waals surface area contributed by atoms with E-state index in [4.69, 9.17) is 4.74 Å². The molecule has 1 amide bonds. The fourth-order valence-electron chi connectivity index (χ4n) is 2.28. The van der Waals surface area contributed by atoms with E-state index in [-0.39, 0.29) is 18.1 Å². The summed E-state index contributed by atoms with van der Waals surface area (Å²) in [5.41, 5.74) is 0. The molecule has 2 aliphatic heterocycles. The highest BCUT2D eigenvalue weighted by molar-refractivity contribution is 5.82. The van der Waals surface area contributed by atoms with Gasteiger partial charge in [0.1, 0.15) is 0 Å². The van der Waals surface area contributed by atoms with E-state index in [1.54, 1.807) is 0 Å². The van der Waals surface area contributed by atoms with Crippen LogP contribution in [0, 0.1) is 0 Å². The number of nitrogens with zero attached hydrogens (tertiary/aromatic N) is 1. The molecule has 2 saturated heterocycles. The number of rotatable bonds is 2. The average molecular weight is 212 g/mol. The maximum absolute atomic E-state index is 12.1. The van der Waals surface area contributed by atoms with E-state index in [0.717, 1.165) is 38.9 Å². The highest BCUT2D eigenvalue weighted by atomic mass is 16.5. The van der Waals surface area contributed by atoms with Gasteiger partial charge in [-0.2, -0.15) is 0 Å². The quantitative estimate of drug-likeness (QED) is 0.719. The lowest BCUT2D eigenvalue weighted by atomic mass is 10.1. The van der Waals surface area contributed by atoms with Crippen LogP contribution in [0.4, 0.5) is 0 Å². The molecular formula is C11H20N2O2. The minimum absolute atomic E-state index is 0.0700. The largest absolute Gasteiger partial charge is 0.375 e. The summed E-state index contributed by atoms with van der Waals surface area (Å²) in [4.78, 5) is 14.0. The first-order chi connectivity index (χ1) is 7.31. The molecular weight excluding hydrogens is 192 g/mol. The van der Waals surface area contributed by atoms with Crippen molar-refractivity contribution >= 4 is 5.91 Å². The second-order valence-corrected chi connectivity index (χ2v) is 4.33. The lowest BCUT2D eigenvalue weighted by molar-refractivity contribution is -0.140. The molecule has 1 unspecified atom stereocenters. The molecule has 2 fully saturated rings. The van der Waals surface area contributed by atoms with Crippen LogP contribution >= 0.6 is 0 Å². The van der Waals surface area contributed by atoms with Gasteiger partial charge in [-0.15, -0.1) is 0 Å². The topological polar surface area (TPSA) is 41.6 Å². The Balaban J connectivity index is 1.88. The van der Waals surface area contributed by atoms with Crippen molar-refractivity contribution in [2.75, 3.05) is 26.2 Å². The second kappa shape index (κ2) is 4.94. The van der Waals surface area contributed by atoms with Crippen molar-refractivity contribution in [3.8, 4) is 0 Å². The molecule has 0 aromatic carbocycles. The van der Waals surface area contributed by atoms with Crippen molar-refractivity contribution in [1.29, 1.82) is 0 Å². The molecule has 2 heterocycles. The first kappa shape index (κ1) is 10.9. The van der Waals surface area contributed by atoms with Gasteiger partial charge in [-0.1, -0.05) is 6.92 Å². The molecule has 1 N–H and O–H groups in total. The van der Waals surface area contributed by atoms with Crippen LogP contribution in [0.25, 0.3) is 0 Å². The van der Waals surface area contributed by atoms with Crippen molar-refractivity contribution in [3.05, 3.63) is 0 Å². The molecule has 0 aromatic heterocycles. The van der Waals surface area contributed by atoms with Crippen LogP contribution in [0.15, 0.2) is 0 Å². The van der Waals surface area contributed by atoms with Gasteiger partial charge in [0.15, 0.2) is 0 Å². The molecule has 86 valence electrons. The number of carbonyl (C=O) groups is 1. The molecule has 0 radical (unpaired) electrons. The maximum Gasteiger partial charge on any atom is 0.239 e. The summed E-state index contributed by atoms with van der Waals surface area (Å²) in [5, 5.41) is 3.25. The third-order valence-corrected chi connectivity index (χ3v) is 3.26. The number of amides is 1. The van der Waals surface area contributed by atoms with Crippen molar-refractivity contribution in [2.24, 2.45) is 0 Å². The Morgan fingerprint density at radius 3 is 3.13 bits per heavy atom. The third-order valence-electron chi connectivity index (χ3n) is 3.26. The smallest absolute Gasteiger partial charge is 0.239 e. The highest BCUT2D eigenvalue weighted by Crippen LogP contribution is 2.13. The van der Waals surface area contributed by atoms with Crippen molar-refractivity contribution < 1.29 is 9.53 Å². The minimum Gasteiger partial charge on any atom is -0.375 e. The third kappa shape index (κ3) is 2.49. The van der Waals surface area contributed by atoms with Gasteiger partial charge >= 0.3 is 0 Å². The van der Waals surface area contributed by atoms with Gasteiger partial charge in [0, 0.05) is 13.1 Å². The van der Waals surface area contributed by atoms with Crippen LogP contribution in [-0.4, -0.2) is 49.2 Å². The van der Waals surface area contributed by atoms with Gasteiger partial charge in [0.05, 0.1) is 18.8 Å². The average Bonchev–Trinajstić information content (AvgIpc) is 2.81. The van der Waals surface area contributed by atoms with E-state index in [1.807, 2.05) is 4.90 Å². The lowest BCUT2D eigenvalue weighted by Gasteiger charge is -2.34. The normalized spacial score (nSPS) is 31.9. The molecule has 2 aliphatic rings. The summed E-state index contributed by atoms with van der Waals surface area (Å²) in [5.74, 6) is 0.272. The summed E-state index contributed by atoms with van der Waals surface area (Å²) >= 11 is 0. The Kier molecular flexibility index (Phi) is 3.59. The van der Waals surface area contributed by atoms with Gasteiger partial charge in [-0.05, 0) is 25.8 Å². The molecule has 0 bridgehead atoms. The van der Waals surface area contributed by atoms with E-state index in [2.05, 4.69) is 12.2 Å². The first-order valence-electron chi connectivity index (χ1n) is 5.95. The molecule has 4 nitrogen and oxygen atoms in total. The molecule has 2 atom stereocenters. The zero-order chi connectivity index (χ0) is 10.7. The number of hydrogen-bond donors (Lipinski definition) is 1. The maximum atomic E-state index is 12.1. The molecule has 15 heavy (non-hydrogen) atoms. The minimum atomic E-state index is 0.0700. The van der Waals surface area contributed by atoms with Gasteiger partial charge < -0.3 is 15.0 Å². The fraction of sp³-hybridized carbons (Fsp3) is 0.909. The van der Waals surface area contributed by atoms with Gasteiger partial charge in [0.25, 0.3) is 0 Å². The standard InChI is InChI=1S/C11H20N2O2/c1-2-9-8-13(6-7-15-9)11(14)10-4-3-5-12-10/h9-10,12H,2-8H2,1H3/t9?,10-/m0/s1. The van der Waals surface area contributed by atoms with E-state index < -0.39 is 0 Å². The van der Waals surface area contributed by atoms with Gasteiger partial charge in [-0.25, -0.2) is 0 Å². The first-order valence-corrected chi connectivity index (χ1v) is 5.95. The summed E-state index contributed by atoms with van der Waals surface area (Å²) < 4.78 is 5.56. The fourth-order valence-corrected chi connectivity index (χ4v) is 2.28. The number of nitrogens with one attached hydrogen (secondary N) is 1. The highest BCUT2D eigenvalue weighted by Gasteiger charge is 2.30. The van der Waals surface area contributed by atoms with Crippen molar-refractivity contribution in [3.63, 3.8) is 0 Å². The van der Waals surface area contributed by atoms with Gasteiger partial charge in [-0.3, -0.25) is 4.79 Å². The molecule has 4 heteroatoms. The summed E-state index contributed by atoms with van der Waals surface area (Å²) in [6, 6.07) is 0.0700. The number of hydrogen-bond acceptors (Lipinski definition) is 3. The van der Waals surface area contributed by atoms with Crippen molar-refractivity contribution in [1.82, 2.24) is 10.2 Å². The zero-order valence-corrected chi connectivity index (χ0v) is 9.37. The van der Waals surface area contributed by atoms with Crippen LogP contribution in [0.3, 0.4) is 0 Å². The second-order valence-electron chi connectivity index (χ2n) is 4.33. The number of morpholine rings is 1. The Bertz CT molecular complexity index is 227. The van der Waals surface area contributed by atoms with E-state index in [9.17, 15) is 4.79 Å². The summed E-state index contributed by atoms with van der Waals surface area (Å²) in [6.07, 6.45) is 3.34. The van der Waals surface area contributed by atoms with E-state index in [0.29, 0.717) is 6.61 Å². The Morgan fingerprint density at radius 2 is 2.47 bits per heavy atom. The van der Waals surface area contributed by atoms with E-state index >= 15 is 0 Å². The predicted octanol–water partition coefficient (Wildman–Crippen LogP) is 0.376. The molecule has 2 rings (SSSR count). The summed E-state index contributed by atoms with van der Waals surface area (Å²) in [6.45, 7) is 5.31. The molecule has 0 aliphatic carbocycles. The Morgan fingerprint density at radius 1 is 1.60 bits per heavy atom. The van der Waals surface area contributed by atoms with Crippen LogP contribution in [-0.2, 0) is 9.53 Å². The number of ether oxygens (including phenoxy) is 1. The Labute approximate surface area is 91.0 Å². The van der Waals surface area contributed by atoms with Gasteiger partial charge in [0.2, 0.25) is 5.91 Å². The van der Waals surface area contributed by atoms with Crippen LogP contribution in [0.2, 0.25) is 0 Å².